The number of aliphatic hydroxyl groups excluding tert-OH is 1. The summed E-state index contributed by atoms with van der Waals surface area (Å²) in [7, 11) is 0. The van der Waals surface area contributed by atoms with Gasteiger partial charge in [-0.2, -0.15) is 0 Å². The predicted octanol–water partition coefficient (Wildman–Crippen LogP) is 3.55. The van der Waals surface area contributed by atoms with Gasteiger partial charge in [0, 0.05) is 0 Å². The van der Waals surface area contributed by atoms with Gasteiger partial charge in [-0.1, -0.05) is 48.5 Å². The number of aliphatic hydroxyl groups is 1. The number of hydrogen-bond acceptors (Lipinski definition) is 2. The van der Waals surface area contributed by atoms with Gasteiger partial charge in [-0.15, -0.1) is 0 Å². The summed E-state index contributed by atoms with van der Waals surface area (Å²) in [5.41, 5.74) is 4.46. The van der Waals surface area contributed by atoms with Crippen molar-refractivity contribution in [1.29, 1.82) is 0 Å². The Bertz CT molecular complexity index is 520. The molecule has 2 heteroatoms. The maximum Gasteiger partial charge on any atom is 0.102 e. The molecule has 0 radical (unpaired) electrons. The molecule has 0 aliphatic rings. The van der Waals surface area contributed by atoms with Crippen LogP contribution in [-0.4, -0.2) is 11.7 Å². The standard InChI is InChI=1S/C17H20O2/c1-13-8-9-16(10-14(13)2)17(18)12-19-11-15-6-4-3-5-7-15/h3-10,17-18H,11-12H2,1-2H3. The van der Waals surface area contributed by atoms with Crippen LogP contribution in [0.4, 0.5) is 0 Å². The van der Waals surface area contributed by atoms with Gasteiger partial charge in [0.05, 0.1) is 13.2 Å². The first-order chi connectivity index (χ1) is 9.16. The summed E-state index contributed by atoms with van der Waals surface area (Å²) in [6, 6.07) is 16.0. The number of rotatable bonds is 5. The molecule has 0 bridgehead atoms. The first-order valence-corrected chi connectivity index (χ1v) is 6.53. The van der Waals surface area contributed by atoms with E-state index in [2.05, 4.69) is 13.8 Å². The van der Waals surface area contributed by atoms with E-state index in [1.54, 1.807) is 0 Å². The molecule has 0 fully saturated rings. The van der Waals surface area contributed by atoms with E-state index in [1.807, 2.05) is 48.5 Å². The number of ether oxygens (including phenoxy) is 1. The van der Waals surface area contributed by atoms with Crippen molar-refractivity contribution in [2.24, 2.45) is 0 Å². The Morgan fingerprint density at radius 1 is 1.00 bits per heavy atom. The van der Waals surface area contributed by atoms with Crippen molar-refractivity contribution in [3.8, 4) is 0 Å². The molecule has 0 aliphatic carbocycles. The Kier molecular flexibility index (Phi) is 4.72. The molecule has 0 aromatic heterocycles. The van der Waals surface area contributed by atoms with E-state index < -0.39 is 6.10 Å². The van der Waals surface area contributed by atoms with Crippen LogP contribution in [0, 0.1) is 13.8 Å². The molecule has 2 nitrogen and oxygen atoms in total. The monoisotopic (exact) mass is 256 g/mol. The fraction of sp³-hybridized carbons (Fsp3) is 0.294. The lowest BCUT2D eigenvalue weighted by atomic mass is 10.0. The largest absolute Gasteiger partial charge is 0.386 e. The molecular formula is C17H20O2. The molecule has 2 aromatic rings. The second-order valence-electron chi connectivity index (χ2n) is 4.86. The number of hydrogen-bond donors (Lipinski definition) is 1. The Labute approximate surface area is 114 Å². The zero-order chi connectivity index (χ0) is 13.7. The molecule has 0 aliphatic heterocycles. The molecular weight excluding hydrogens is 236 g/mol. The van der Waals surface area contributed by atoms with Crippen LogP contribution in [0.2, 0.25) is 0 Å². The highest BCUT2D eigenvalue weighted by molar-refractivity contribution is 5.31. The first kappa shape index (κ1) is 13.8. The second-order valence-corrected chi connectivity index (χ2v) is 4.86. The van der Waals surface area contributed by atoms with E-state index >= 15 is 0 Å². The summed E-state index contributed by atoms with van der Waals surface area (Å²) in [5.74, 6) is 0. The zero-order valence-electron chi connectivity index (χ0n) is 11.5. The number of aryl methyl sites for hydroxylation is 2. The molecule has 1 atom stereocenters. The molecule has 0 amide bonds. The molecule has 2 aromatic carbocycles. The Balaban J connectivity index is 1.87. The van der Waals surface area contributed by atoms with Crippen molar-refractivity contribution in [2.45, 2.75) is 26.6 Å². The maximum atomic E-state index is 10.1. The molecule has 1 unspecified atom stereocenters. The summed E-state index contributed by atoms with van der Waals surface area (Å²) in [6.07, 6.45) is -0.567. The number of benzene rings is 2. The fourth-order valence-electron chi connectivity index (χ4n) is 1.93. The van der Waals surface area contributed by atoms with Crippen LogP contribution in [0.3, 0.4) is 0 Å². The van der Waals surface area contributed by atoms with Crippen molar-refractivity contribution in [1.82, 2.24) is 0 Å². The van der Waals surface area contributed by atoms with Gasteiger partial charge in [0.1, 0.15) is 6.10 Å². The highest BCUT2D eigenvalue weighted by Crippen LogP contribution is 2.17. The van der Waals surface area contributed by atoms with E-state index in [4.69, 9.17) is 4.74 Å². The lowest BCUT2D eigenvalue weighted by molar-refractivity contribution is 0.0277. The highest BCUT2D eigenvalue weighted by Gasteiger charge is 2.08. The molecule has 2 rings (SSSR count). The van der Waals surface area contributed by atoms with Gasteiger partial charge in [0.2, 0.25) is 0 Å². The lowest BCUT2D eigenvalue weighted by Gasteiger charge is -2.13. The third kappa shape index (κ3) is 3.91. The Morgan fingerprint density at radius 2 is 1.74 bits per heavy atom. The summed E-state index contributed by atoms with van der Waals surface area (Å²) >= 11 is 0. The van der Waals surface area contributed by atoms with Crippen molar-refractivity contribution in [3.05, 3.63) is 70.8 Å². The van der Waals surface area contributed by atoms with Crippen LogP contribution < -0.4 is 0 Å². The smallest absolute Gasteiger partial charge is 0.102 e. The zero-order valence-corrected chi connectivity index (χ0v) is 11.5. The van der Waals surface area contributed by atoms with Gasteiger partial charge < -0.3 is 9.84 Å². The van der Waals surface area contributed by atoms with Crippen LogP contribution in [0.15, 0.2) is 48.5 Å². The third-order valence-electron chi connectivity index (χ3n) is 3.30. The maximum absolute atomic E-state index is 10.1. The van der Waals surface area contributed by atoms with Crippen LogP contribution >= 0.6 is 0 Å². The van der Waals surface area contributed by atoms with E-state index in [0.29, 0.717) is 13.2 Å². The minimum Gasteiger partial charge on any atom is -0.386 e. The Hall–Kier alpha value is -1.64. The second kappa shape index (κ2) is 6.50. The summed E-state index contributed by atoms with van der Waals surface area (Å²) in [6.45, 7) is 4.97. The fourth-order valence-corrected chi connectivity index (χ4v) is 1.93. The van der Waals surface area contributed by atoms with Crippen LogP contribution in [0.25, 0.3) is 0 Å². The SMILES string of the molecule is Cc1ccc(C(O)COCc2ccccc2)cc1C. The van der Waals surface area contributed by atoms with Crippen LogP contribution in [0.5, 0.6) is 0 Å². The molecule has 0 spiro atoms. The van der Waals surface area contributed by atoms with Gasteiger partial charge in [-0.25, -0.2) is 0 Å². The van der Waals surface area contributed by atoms with Crippen LogP contribution in [0.1, 0.15) is 28.4 Å². The van der Waals surface area contributed by atoms with Crippen molar-refractivity contribution >= 4 is 0 Å². The first-order valence-electron chi connectivity index (χ1n) is 6.53. The van der Waals surface area contributed by atoms with Crippen molar-refractivity contribution in [3.63, 3.8) is 0 Å². The van der Waals surface area contributed by atoms with E-state index in [9.17, 15) is 5.11 Å². The summed E-state index contributed by atoms with van der Waals surface area (Å²) < 4.78 is 5.56. The molecule has 19 heavy (non-hydrogen) atoms. The average molecular weight is 256 g/mol. The van der Waals surface area contributed by atoms with Crippen molar-refractivity contribution < 1.29 is 9.84 Å². The predicted molar refractivity (Wildman–Crippen MR) is 77.0 cm³/mol. The molecule has 100 valence electrons. The van der Waals surface area contributed by atoms with Crippen molar-refractivity contribution in [2.75, 3.05) is 6.61 Å². The lowest BCUT2D eigenvalue weighted by Crippen LogP contribution is -2.07. The summed E-state index contributed by atoms with van der Waals surface area (Å²) in [5, 5.41) is 10.1. The average Bonchev–Trinajstić information content (AvgIpc) is 2.43. The molecule has 1 N–H and O–H groups in total. The molecule has 0 saturated carbocycles. The normalized spacial score (nSPS) is 12.4. The Morgan fingerprint density at radius 3 is 2.42 bits per heavy atom. The van der Waals surface area contributed by atoms with Gasteiger partial charge >= 0.3 is 0 Å². The quantitative estimate of drug-likeness (QED) is 0.886. The van der Waals surface area contributed by atoms with Gasteiger partial charge in [-0.05, 0) is 36.1 Å². The minimum absolute atomic E-state index is 0.317. The topological polar surface area (TPSA) is 29.5 Å². The van der Waals surface area contributed by atoms with E-state index in [-0.39, 0.29) is 0 Å². The van der Waals surface area contributed by atoms with Gasteiger partial charge in [-0.3, -0.25) is 0 Å². The highest BCUT2D eigenvalue weighted by atomic mass is 16.5. The van der Waals surface area contributed by atoms with Gasteiger partial charge in [0.25, 0.3) is 0 Å². The minimum atomic E-state index is -0.567. The third-order valence-corrected chi connectivity index (χ3v) is 3.30. The molecule has 0 heterocycles. The van der Waals surface area contributed by atoms with Gasteiger partial charge in [0.15, 0.2) is 0 Å². The van der Waals surface area contributed by atoms with E-state index in [0.717, 1.165) is 11.1 Å². The van der Waals surface area contributed by atoms with E-state index in [1.165, 1.54) is 11.1 Å². The molecule has 0 saturated heterocycles. The van der Waals surface area contributed by atoms with Crippen LogP contribution in [-0.2, 0) is 11.3 Å². The summed E-state index contributed by atoms with van der Waals surface area (Å²) in [4.78, 5) is 0.